The standard InChI is InChI=1S/CH3NO2.H2OS/c2-1(3)4;1-2/h2H2,(H,3,4);1-2H. The third-order valence-corrected chi connectivity index (χ3v) is 0. The molecule has 0 aromatic heterocycles. The molecule has 0 unspecified atom stereocenters. The Balaban J connectivity index is 0. The predicted octanol–water partition coefficient (Wildman–Crippen LogP) is 0.0123. The van der Waals surface area contributed by atoms with Crippen LogP contribution in [0.3, 0.4) is 0 Å². The van der Waals surface area contributed by atoms with Crippen LogP contribution >= 0.6 is 12.9 Å². The molecule has 0 spiro atoms. The Kier molecular flexibility index (Phi) is 13.4. The number of carbonyl (C=O) groups is 1. The lowest BCUT2D eigenvalue weighted by atomic mass is 11.3. The van der Waals surface area contributed by atoms with Gasteiger partial charge in [0.1, 0.15) is 0 Å². The van der Waals surface area contributed by atoms with Crippen molar-refractivity contribution in [2.45, 2.75) is 0 Å². The van der Waals surface area contributed by atoms with E-state index in [1.807, 2.05) is 0 Å². The van der Waals surface area contributed by atoms with Gasteiger partial charge in [-0.1, -0.05) is 0 Å². The van der Waals surface area contributed by atoms with Gasteiger partial charge >= 0.3 is 6.09 Å². The largest absolute Gasteiger partial charge is 0.465 e. The number of hydrogen-bond acceptors (Lipinski definition) is 3. The van der Waals surface area contributed by atoms with Crippen molar-refractivity contribution in [3.05, 3.63) is 0 Å². The van der Waals surface area contributed by atoms with Crippen LogP contribution < -0.4 is 5.73 Å². The molecule has 4 nitrogen and oxygen atoms in total. The van der Waals surface area contributed by atoms with Crippen molar-refractivity contribution in [1.82, 2.24) is 0 Å². The summed E-state index contributed by atoms with van der Waals surface area (Å²) >= 11 is 2.53. The lowest BCUT2D eigenvalue weighted by molar-refractivity contribution is 0.205. The fourth-order valence-electron chi connectivity index (χ4n) is 0. The first-order valence-electron chi connectivity index (χ1n) is 0.916. The molecule has 0 rings (SSSR count). The second kappa shape index (κ2) is 8.82. The Morgan fingerprint density at radius 3 is 1.67 bits per heavy atom. The van der Waals surface area contributed by atoms with Gasteiger partial charge in [-0.15, -0.1) is 0 Å². The minimum atomic E-state index is -1.33. The Labute approximate surface area is 40.2 Å². The summed E-state index contributed by atoms with van der Waals surface area (Å²) in [5.41, 5.74) is 4.03. The SMILES string of the molecule is NC(=O)O.OS. The van der Waals surface area contributed by atoms with E-state index in [1.54, 1.807) is 0 Å². The van der Waals surface area contributed by atoms with Gasteiger partial charge in [-0.2, -0.15) is 0 Å². The van der Waals surface area contributed by atoms with Crippen molar-refractivity contribution in [2.75, 3.05) is 0 Å². The van der Waals surface area contributed by atoms with Crippen molar-refractivity contribution in [3.8, 4) is 0 Å². The van der Waals surface area contributed by atoms with Crippen LogP contribution in [0.2, 0.25) is 0 Å². The van der Waals surface area contributed by atoms with E-state index in [-0.39, 0.29) is 0 Å². The summed E-state index contributed by atoms with van der Waals surface area (Å²) in [6.07, 6.45) is -1.33. The van der Waals surface area contributed by atoms with Crippen LogP contribution in [0.15, 0.2) is 0 Å². The maximum Gasteiger partial charge on any atom is 0.402 e. The highest BCUT2D eigenvalue weighted by Gasteiger charge is 1.65. The minimum Gasteiger partial charge on any atom is -0.465 e. The van der Waals surface area contributed by atoms with Gasteiger partial charge < -0.3 is 15.4 Å². The van der Waals surface area contributed by atoms with Crippen LogP contribution in [0.25, 0.3) is 0 Å². The number of rotatable bonds is 0. The number of thiol groups is 1. The zero-order valence-electron chi connectivity index (χ0n) is 2.83. The molecule has 0 saturated carbocycles. The molecule has 0 atom stereocenters. The zero-order chi connectivity index (χ0) is 5.58. The maximum absolute atomic E-state index is 8.78. The van der Waals surface area contributed by atoms with Gasteiger partial charge in [0.05, 0.1) is 0 Å². The molecule has 0 heterocycles. The van der Waals surface area contributed by atoms with E-state index >= 15 is 0 Å². The van der Waals surface area contributed by atoms with Crippen molar-refractivity contribution in [3.63, 3.8) is 0 Å². The first kappa shape index (κ1) is 9.13. The van der Waals surface area contributed by atoms with E-state index in [2.05, 4.69) is 18.6 Å². The fourth-order valence-corrected chi connectivity index (χ4v) is 0. The normalized spacial score (nSPS) is 5.00. The second-order valence-electron chi connectivity index (χ2n) is 0.338. The van der Waals surface area contributed by atoms with Crippen LogP contribution in [-0.4, -0.2) is 15.8 Å². The molecule has 0 aromatic carbocycles. The van der Waals surface area contributed by atoms with Crippen LogP contribution in [0, 0.1) is 0 Å². The third kappa shape index (κ3) is 135. The quantitative estimate of drug-likeness (QED) is 0.262. The molecule has 0 aliphatic carbocycles. The number of primary amides is 1. The molecule has 38 valence electrons. The molecule has 0 bridgehead atoms. The molecule has 0 saturated heterocycles. The van der Waals surface area contributed by atoms with E-state index in [4.69, 9.17) is 14.5 Å². The van der Waals surface area contributed by atoms with Gasteiger partial charge in [-0.25, -0.2) is 4.79 Å². The summed E-state index contributed by atoms with van der Waals surface area (Å²) in [4.78, 5) is 8.78. The van der Waals surface area contributed by atoms with Gasteiger partial charge in [0, 0.05) is 0 Å². The maximum atomic E-state index is 8.78. The van der Waals surface area contributed by atoms with Gasteiger partial charge in [0.25, 0.3) is 0 Å². The van der Waals surface area contributed by atoms with Crippen LogP contribution in [-0.2, 0) is 0 Å². The summed E-state index contributed by atoms with van der Waals surface area (Å²) in [5, 5.41) is 7.19. The van der Waals surface area contributed by atoms with Crippen molar-refractivity contribution < 1.29 is 14.5 Å². The zero-order valence-corrected chi connectivity index (χ0v) is 3.72. The molecule has 0 aliphatic heterocycles. The van der Waals surface area contributed by atoms with Crippen molar-refractivity contribution in [2.24, 2.45) is 5.73 Å². The summed E-state index contributed by atoms with van der Waals surface area (Å²) in [6.45, 7) is 0. The molecule has 4 N–H and O–H groups in total. The lowest BCUT2D eigenvalue weighted by Gasteiger charge is -1.61. The topological polar surface area (TPSA) is 83.6 Å². The second-order valence-corrected chi connectivity index (χ2v) is 0.338. The summed E-state index contributed by atoms with van der Waals surface area (Å²) < 4.78 is 6.69. The van der Waals surface area contributed by atoms with Gasteiger partial charge in [0.15, 0.2) is 0 Å². The van der Waals surface area contributed by atoms with E-state index in [0.29, 0.717) is 0 Å². The van der Waals surface area contributed by atoms with Gasteiger partial charge in [-0.3, -0.25) is 0 Å². The van der Waals surface area contributed by atoms with E-state index < -0.39 is 6.09 Å². The predicted molar refractivity (Wildman–Crippen MR) is 23.8 cm³/mol. The Hall–Kier alpha value is -0.420. The number of hydrogen-bond donors (Lipinski definition) is 4. The molecular formula is CH5NO3S. The van der Waals surface area contributed by atoms with E-state index in [9.17, 15) is 0 Å². The van der Waals surface area contributed by atoms with Crippen LogP contribution in [0.4, 0.5) is 4.79 Å². The number of carboxylic acid groups (broad SMARTS) is 1. The molecule has 0 fully saturated rings. The van der Waals surface area contributed by atoms with Gasteiger partial charge in [0.2, 0.25) is 0 Å². The van der Waals surface area contributed by atoms with Crippen molar-refractivity contribution in [1.29, 1.82) is 0 Å². The highest BCUT2D eigenvalue weighted by atomic mass is 32.1. The van der Waals surface area contributed by atoms with Gasteiger partial charge in [-0.05, 0) is 12.9 Å². The average Bonchev–Trinajstić information content (AvgIpc) is 1.41. The smallest absolute Gasteiger partial charge is 0.402 e. The summed E-state index contributed by atoms with van der Waals surface area (Å²) in [5.74, 6) is 0. The molecule has 0 aromatic rings. The highest BCUT2D eigenvalue weighted by molar-refractivity contribution is 7.74. The fraction of sp³-hybridized carbons (Fsp3) is 0. The molecule has 6 heavy (non-hydrogen) atoms. The lowest BCUT2D eigenvalue weighted by Crippen LogP contribution is -2.03. The molecule has 1 amide bonds. The Bertz CT molecular complexity index is 33.8. The van der Waals surface area contributed by atoms with Crippen molar-refractivity contribution >= 4 is 19.0 Å². The Morgan fingerprint density at radius 2 is 1.67 bits per heavy atom. The minimum absolute atomic E-state index is 1.33. The molecule has 0 radical (unpaired) electrons. The number of amides is 1. The van der Waals surface area contributed by atoms with E-state index in [1.165, 1.54) is 0 Å². The molecular weight excluding hydrogens is 106 g/mol. The van der Waals surface area contributed by atoms with E-state index in [0.717, 1.165) is 0 Å². The molecule has 5 heteroatoms. The summed E-state index contributed by atoms with van der Waals surface area (Å²) in [7, 11) is 0. The highest BCUT2D eigenvalue weighted by Crippen LogP contribution is 1.34. The van der Waals surface area contributed by atoms with Crippen LogP contribution in [0.1, 0.15) is 0 Å². The summed E-state index contributed by atoms with van der Waals surface area (Å²) in [6, 6.07) is 0. The Morgan fingerprint density at radius 1 is 1.67 bits per heavy atom. The number of nitrogens with two attached hydrogens (primary N) is 1. The third-order valence-electron chi connectivity index (χ3n) is 0. The monoisotopic (exact) mass is 111 g/mol. The van der Waals surface area contributed by atoms with Crippen LogP contribution in [0.5, 0.6) is 0 Å². The molecule has 0 aliphatic rings. The average molecular weight is 111 g/mol. The first-order chi connectivity index (χ1) is 2.73. The first-order valence-corrected chi connectivity index (χ1v) is 1.32.